The highest BCUT2D eigenvalue weighted by Crippen LogP contribution is 2.31. The highest BCUT2D eigenvalue weighted by atomic mass is 16.1. The van der Waals surface area contributed by atoms with Crippen LogP contribution < -0.4 is 11.1 Å². The minimum atomic E-state index is -0.316. The molecule has 5 rings (SSSR count). The Bertz CT molecular complexity index is 1470. The van der Waals surface area contributed by atoms with Crippen LogP contribution in [0, 0.1) is 13.8 Å². The number of nitrogens with two attached hydrogens (primary N) is 1. The smallest absolute Gasteiger partial charge is 0.261 e. The van der Waals surface area contributed by atoms with E-state index in [-0.39, 0.29) is 5.91 Å². The Labute approximate surface area is 179 Å². The van der Waals surface area contributed by atoms with Gasteiger partial charge in [-0.2, -0.15) is 0 Å². The van der Waals surface area contributed by atoms with Gasteiger partial charge < -0.3 is 11.1 Å². The standard InChI is InChI=1S/C25H21N5O/c1-15-7-5-9-17(13-15)27-25(31)21-22-24(29-20-12-4-3-11-19(20)28-22)30(23(21)26)18-10-6-8-16(2)14-18/h3-14H,26H2,1-2H3,(H,27,31). The van der Waals surface area contributed by atoms with Gasteiger partial charge in [-0.1, -0.05) is 36.4 Å². The van der Waals surface area contributed by atoms with Gasteiger partial charge in [0, 0.05) is 11.4 Å². The van der Waals surface area contributed by atoms with Crippen LogP contribution in [0.15, 0.2) is 72.8 Å². The van der Waals surface area contributed by atoms with Crippen LogP contribution in [0.5, 0.6) is 0 Å². The largest absolute Gasteiger partial charge is 0.384 e. The van der Waals surface area contributed by atoms with E-state index in [0.717, 1.165) is 22.3 Å². The van der Waals surface area contributed by atoms with Gasteiger partial charge in [-0.25, -0.2) is 9.97 Å². The minimum absolute atomic E-state index is 0.307. The monoisotopic (exact) mass is 407 g/mol. The van der Waals surface area contributed by atoms with Crippen LogP contribution in [0.25, 0.3) is 27.9 Å². The van der Waals surface area contributed by atoms with E-state index in [0.29, 0.717) is 33.7 Å². The molecule has 3 N–H and O–H groups in total. The van der Waals surface area contributed by atoms with Crippen molar-refractivity contribution in [3.05, 3.63) is 89.5 Å². The number of carbonyl (C=O) groups is 1. The number of amides is 1. The fraction of sp³-hybridized carbons (Fsp3) is 0.0800. The average Bonchev–Trinajstić information content (AvgIpc) is 3.02. The molecule has 6 heteroatoms. The van der Waals surface area contributed by atoms with Gasteiger partial charge in [0.05, 0.1) is 11.0 Å². The summed E-state index contributed by atoms with van der Waals surface area (Å²) in [5, 5.41) is 2.96. The van der Waals surface area contributed by atoms with Crippen molar-refractivity contribution in [2.45, 2.75) is 13.8 Å². The lowest BCUT2D eigenvalue weighted by Crippen LogP contribution is -2.14. The number of aryl methyl sites for hydroxylation is 2. The molecule has 0 atom stereocenters. The average molecular weight is 407 g/mol. The molecule has 0 bridgehead atoms. The molecule has 152 valence electrons. The topological polar surface area (TPSA) is 85.8 Å². The zero-order valence-electron chi connectivity index (χ0n) is 17.3. The molecule has 0 aliphatic rings. The Morgan fingerprint density at radius 3 is 2.26 bits per heavy atom. The lowest BCUT2D eigenvalue weighted by Gasteiger charge is -2.09. The van der Waals surface area contributed by atoms with Crippen molar-refractivity contribution in [2.75, 3.05) is 11.1 Å². The Kier molecular flexibility index (Phi) is 4.40. The minimum Gasteiger partial charge on any atom is -0.384 e. The molecule has 0 saturated carbocycles. The third kappa shape index (κ3) is 3.28. The number of para-hydroxylation sites is 2. The number of aromatic nitrogens is 3. The number of nitrogens with zero attached hydrogens (tertiary/aromatic N) is 3. The van der Waals surface area contributed by atoms with E-state index >= 15 is 0 Å². The molecule has 31 heavy (non-hydrogen) atoms. The number of anilines is 2. The van der Waals surface area contributed by atoms with Gasteiger partial charge in [-0.3, -0.25) is 9.36 Å². The van der Waals surface area contributed by atoms with Crippen molar-refractivity contribution in [1.29, 1.82) is 0 Å². The van der Waals surface area contributed by atoms with Crippen molar-refractivity contribution < 1.29 is 4.79 Å². The fourth-order valence-corrected chi connectivity index (χ4v) is 3.83. The lowest BCUT2D eigenvalue weighted by molar-refractivity contribution is 0.102. The first-order valence-corrected chi connectivity index (χ1v) is 10.0. The summed E-state index contributed by atoms with van der Waals surface area (Å²) < 4.78 is 1.80. The maximum Gasteiger partial charge on any atom is 0.261 e. The number of nitrogens with one attached hydrogen (secondary N) is 1. The number of hydrogen-bond donors (Lipinski definition) is 2. The summed E-state index contributed by atoms with van der Waals surface area (Å²) in [6.45, 7) is 3.99. The first-order valence-electron chi connectivity index (χ1n) is 10.0. The molecular weight excluding hydrogens is 386 g/mol. The molecule has 0 fully saturated rings. The van der Waals surface area contributed by atoms with E-state index in [1.807, 2.05) is 86.6 Å². The van der Waals surface area contributed by atoms with Gasteiger partial charge in [-0.05, 0) is 61.4 Å². The summed E-state index contributed by atoms with van der Waals surface area (Å²) in [5.74, 6) is -0.00913. The second-order valence-corrected chi connectivity index (χ2v) is 7.64. The van der Waals surface area contributed by atoms with Crippen LogP contribution in [-0.4, -0.2) is 20.4 Å². The first-order chi connectivity index (χ1) is 15.0. The van der Waals surface area contributed by atoms with Crippen LogP contribution in [0.4, 0.5) is 11.5 Å². The molecule has 0 saturated heterocycles. The van der Waals surface area contributed by atoms with E-state index < -0.39 is 0 Å². The second kappa shape index (κ2) is 7.25. The molecule has 0 spiro atoms. The van der Waals surface area contributed by atoms with Gasteiger partial charge in [0.2, 0.25) is 0 Å². The lowest BCUT2D eigenvalue weighted by atomic mass is 10.2. The van der Waals surface area contributed by atoms with Gasteiger partial charge >= 0.3 is 0 Å². The first kappa shape index (κ1) is 18.8. The van der Waals surface area contributed by atoms with E-state index in [1.54, 1.807) is 4.57 Å². The van der Waals surface area contributed by atoms with Crippen LogP contribution in [0.1, 0.15) is 21.5 Å². The zero-order valence-corrected chi connectivity index (χ0v) is 17.3. The summed E-state index contributed by atoms with van der Waals surface area (Å²) in [6, 6.07) is 23.2. The Hall–Kier alpha value is -4.19. The Morgan fingerprint density at radius 2 is 1.55 bits per heavy atom. The van der Waals surface area contributed by atoms with Crippen molar-refractivity contribution in [3.63, 3.8) is 0 Å². The number of hydrogen-bond acceptors (Lipinski definition) is 4. The molecule has 2 heterocycles. The molecule has 0 aliphatic heterocycles. The van der Waals surface area contributed by atoms with Gasteiger partial charge in [0.1, 0.15) is 16.9 Å². The molecule has 5 aromatic rings. The van der Waals surface area contributed by atoms with E-state index in [9.17, 15) is 4.79 Å². The molecule has 0 aliphatic carbocycles. The van der Waals surface area contributed by atoms with E-state index in [4.69, 9.17) is 15.7 Å². The van der Waals surface area contributed by atoms with Gasteiger partial charge in [0.15, 0.2) is 5.65 Å². The van der Waals surface area contributed by atoms with Crippen molar-refractivity contribution in [1.82, 2.24) is 14.5 Å². The van der Waals surface area contributed by atoms with Crippen LogP contribution in [0.2, 0.25) is 0 Å². The number of carbonyl (C=O) groups excluding carboxylic acids is 1. The molecule has 6 nitrogen and oxygen atoms in total. The van der Waals surface area contributed by atoms with E-state index in [1.165, 1.54) is 0 Å². The van der Waals surface area contributed by atoms with Gasteiger partial charge in [-0.15, -0.1) is 0 Å². The highest BCUT2D eigenvalue weighted by Gasteiger charge is 2.25. The van der Waals surface area contributed by atoms with Crippen LogP contribution >= 0.6 is 0 Å². The van der Waals surface area contributed by atoms with Crippen LogP contribution in [-0.2, 0) is 0 Å². The quantitative estimate of drug-likeness (QED) is 0.439. The third-order valence-corrected chi connectivity index (χ3v) is 5.26. The third-order valence-electron chi connectivity index (χ3n) is 5.26. The normalized spacial score (nSPS) is 11.2. The Balaban J connectivity index is 1.76. The summed E-state index contributed by atoms with van der Waals surface area (Å²) in [5.41, 5.74) is 13.0. The summed E-state index contributed by atoms with van der Waals surface area (Å²) in [6.07, 6.45) is 0. The summed E-state index contributed by atoms with van der Waals surface area (Å²) >= 11 is 0. The number of benzene rings is 3. The zero-order chi connectivity index (χ0) is 21.5. The second-order valence-electron chi connectivity index (χ2n) is 7.64. The highest BCUT2D eigenvalue weighted by molar-refractivity contribution is 6.16. The molecule has 1 amide bonds. The Morgan fingerprint density at radius 1 is 0.871 bits per heavy atom. The summed E-state index contributed by atoms with van der Waals surface area (Å²) in [7, 11) is 0. The number of rotatable bonds is 3. The van der Waals surface area contributed by atoms with Crippen LogP contribution in [0.3, 0.4) is 0 Å². The van der Waals surface area contributed by atoms with E-state index in [2.05, 4.69) is 5.32 Å². The number of nitrogen functional groups attached to an aromatic ring is 1. The van der Waals surface area contributed by atoms with Crippen molar-refractivity contribution in [3.8, 4) is 5.69 Å². The SMILES string of the molecule is Cc1cccc(NC(=O)c2c(N)n(-c3cccc(C)c3)c3nc4ccccc4nc23)c1. The predicted octanol–water partition coefficient (Wildman–Crippen LogP) is 5.03. The molecule has 2 aromatic heterocycles. The number of fused-ring (bicyclic) bond motifs is 2. The van der Waals surface area contributed by atoms with Crippen molar-refractivity contribution in [2.24, 2.45) is 0 Å². The molecule has 3 aromatic carbocycles. The molecule has 0 radical (unpaired) electrons. The predicted molar refractivity (Wildman–Crippen MR) is 125 cm³/mol. The maximum atomic E-state index is 13.3. The van der Waals surface area contributed by atoms with Gasteiger partial charge in [0.25, 0.3) is 5.91 Å². The maximum absolute atomic E-state index is 13.3. The molecule has 0 unspecified atom stereocenters. The fourth-order valence-electron chi connectivity index (χ4n) is 3.83. The molecular formula is C25H21N5O. The van der Waals surface area contributed by atoms with Crippen molar-refractivity contribution >= 4 is 39.6 Å². The summed E-state index contributed by atoms with van der Waals surface area (Å²) in [4.78, 5) is 22.9.